The number of hydrogen-bond acceptors (Lipinski definition) is 0. The molecule has 0 spiro atoms. The van der Waals surface area contributed by atoms with E-state index in [4.69, 9.17) is 0 Å². The maximum atomic E-state index is 13.5. The van der Waals surface area contributed by atoms with Crippen LogP contribution in [-0.4, -0.2) is 6.18 Å². The lowest BCUT2D eigenvalue weighted by atomic mass is 9.80. The van der Waals surface area contributed by atoms with Gasteiger partial charge in [-0.05, 0) is 37.5 Å². The fourth-order valence-electron chi connectivity index (χ4n) is 3.72. The monoisotopic (exact) mass is 320 g/mol. The van der Waals surface area contributed by atoms with Crippen LogP contribution in [0.4, 0.5) is 13.2 Å². The third-order valence-corrected chi connectivity index (χ3v) is 5.12. The molecule has 0 saturated heterocycles. The Morgan fingerprint density at radius 3 is 1.64 bits per heavy atom. The molecule has 0 aromatic rings. The molecule has 0 bridgehead atoms. The van der Waals surface area contributed by atoms with Crippen LogP contribution in [-0.2, 0) is 0 Å². The number of halogens is 3. The van der Waals surface area contributed by atoms with Crippen LogP contribution in [0.25, 0.3) is 0 Å². The van der Waals surface area contributed by atoms with Crippen molar-refractivity contribution in [3.05, 3.63) is 0 Å². The zero-order chi connectivity index (χ0) is 16.4. The van der Waals surface area contributed by atoms with Gasteiger partial charge in [0.1, 0.15) is 0 Å². The molecule has 0 nitrogen and oxygen atoms in total. The van der Waals surface area contributed by atoms with Crippen LogP contribution in [0, 0.1) is 17.8 Å². The SMILES string of the molecule is CCCCCCCC(CCCCCC)C(C1CC1)C(F)(F)F. The Hall–Kier alpha value is -0.210. The molecule has 0 aliphatic heterocycles. The minimum atomic E-state index is -3.99. The van der Waals surface area contributed by atoms with Gasteiger partial charge >= 0.3 is 6.18 Å². The lowest BCUT2D eigenvalue weighted by Gasteiger charge is -2.29. The molecule has 2 unspecified atom stereocenters. The number of hydrogen-bond donors (Lipinski definition) is 0. The van der Waals surface area contributed by atoms with Crippen LogP contribution in [0.3, 0.4) is 0 Å². The molecule has 132 valence electrons. The second-order valence-electron chi connectivity index (χ2n) is 7.22. The Kier molecular flexibility index (Phi) is 9.51. The molecular formula is C19H35F3. The van der Waals surface area contributed by atoms with E-state index in [1.807, 2.05) is 0 Å². The summed E-state index contributed by atoms with van der Waals surface area (Å²) in [5.41, 5.74) is 0. The van der Waals surface area contributed by atoms with E-state index in [2.05, 4.69) is 13.8 Å². The van der Waals surface area contributed by atoms with E-state index in [1.165, 1.54) is 19.3 Å². The average molecular weight is 320 g/mol. The summed E-state index contributed by atoms with van der Waals surface area (Å²) in [6.45, 7) is 4.32. The normalized spacial score (nSPS) is 18.4. The lowest BCUT2D eigenvalue weighted by Crippen LogP contribution is -2.32. The highest BCUT2D eigenvalue weighted by Crippen LogP contribution is 2.51. The van der Waals surface area contributed by atoms with Crippen molar-refractivity contribution in [2.45, 2.75) is 103 Å². The largest absolute Gasteiger partial charge is 0.392 e. The van der Waals surface area contributed by atoms with Gasteiger partial charge < -0.3 is 0 Å². The summed E-state index contributed by atoms with van der Waals surface area (Å²) in [6.07, 6.45) is 9.23. The van der Waals surface area contributed by atoms with Crippen molar-refractivity contribution < 1.29 is 13.2 Å². The smallest absolute Gasteiger partial charge is 0.171 e. The minimum Gasteiger partial charge on any atom is -0.171 e. The molecule has 0 aromatic heterocycles. The van der Waals surface area contributed by atoms with Crippen LogP contribution in [0.15, 0.2) is 0 Å². The van der Waals surface area contributed by atoms with E-state index in [0.717, 1.165) is 64.2 Å². The molecule has 3 heteroatoms. The van der Waals surface area contributed by atoms with Gasteiger partial charge in [-0.1, -0.05) is 71.6 Å². The molecule has 1 rings (SSSR count). The molecule has 1 aliphatic carbocycles. The third-order valence-electron chi connectivity index (χ3n) is 5.12. The molecule has 0 heterocycles. The molecule has 1 aliphatic rings. The highest BCUT2D eigenvalue weighted by molar-refractivity contribution is 4.90. The van der Waals surface area contributed by atoms with Crippen molar-refractivity contribution in [2.24, 2.45) is 17.8 Å². The Labute approximate surface area is 135 Å². The maximum absolute atomic E-state index is 13.5. The van der Waals surface area contributed by atoms with Gasteiger partial charge in [-0.2, -0.15) is 13.2 Å². The van der Waals surface area contributed by atoms with Crippen molar-refractivity contribution in [1.82, 2.24) is 0 Å². The quantitative estimate of drug-likeness (QED) is 0.308. The molecule has 0 aromatic carbocycles. The lowest BCUT2D eigenvalue weighted by molar-refractivity contribution is -0.196. The fourth-order valence-corrected chi connectivity index (χ4v) is 3.72. The van der Waals surface area contributed by atoms with Crippen molar-refractivity contribution in [1.29, 1.82) is 0 Å². The predicted molar refractivity (Wildman–Crippen MR) is 87.9 cm³/mol. The molecule has 0 amide bonds. The topological polar surface area (TPSA) is 0 Å². The summed E-state index contributed by atoms with van der Waals surface area (Å²) in [5, 5.41) is 0. The van der Waals surface area contributed by atoms with Crippen molar-refractivity contribution in [3.8, 4) is 0 Å². The Morgan fingerprint density at radius 1 is 0.773 bits per heavy atom. The van der Waals surface area contributed by atoms with Crippen LogP contribution in [0.5, 0.6) is 0 Å². The highest BCUT2D eigenvalue weighted by Gasteiger charge is 2.51. The highest BCUT2D eigenvalue weighted by atomic mass is 19.4. The van der Waals surface area contributed by atoms with Gasteiger partial charge in [0.05, 0.1) is 5.92 Å². The van der Waals surface area contributed by atoms with Gasteiger partial charge in [0.2, 0.25) is 0 Å². The van der Waals surface area contributed by atoms with Crippen molar-refractivity contribution in [2.75, 3.05) is 0 Å². The van der Waals surface area contributed by atoms with Crippen LogP contribution in [0.1, 0.15) is 97.3 Å². The van der Waals surface area contributed by atoms with Gasteiger partial charge in [0.15, 0.2) is 0 Å². The number of unbranched alkanes of at least 4 members (excludes halogenated alkanes) is 7. The van der Waals surface area contributed by atoms with Crippen LogP contribution < -0.4 is 0 Å². The van der Waals surface area contributed by atoms with Gasteiger partial charge in [0, 0.05) is 0 Å². The van der Waals surface area contributed by atoms with Crippen molar-refractivity contribution >= 4 is 0 Å². The summed E-state index contributed by atoms with van der Waals surface area (Å²) in [6, 6.07) is 0. The first-order chi connectivity index (χ1) is 10.5. The zero-order valence-electron chi connectivity index (χ0n) is 14.6. The molecule has 22 heavy (non-hydrogen) atoms. The second-order valence-corrected chi connectivity index (χ2v) is 7.22. The van der Waals surface area contributed by atoms with E-state index in [0.29, 0.717) is 0 Å². The van der Waals surface area contributed by atoms with Gasteiger partial charge in [-0.3, -0.25) is 0 Å². The van der Waals surface area contributed by atoms with E-state index >= 15 is 0 Å². The zero-order valence-corrected chi connectivity index (χ0v) is 14.6. The fraction of sp³-hybridized carbons (Fsp3) is 1.00. The molecule has 1 saturated carbocycles. The van der Waals surface area contributed by atoms with Crippen LogP contribution >= 0.6 is 0 Å². The first-order valence-electron chi connectivity index (χ1n) is 9.57. The standard InChI is InChI=1S/C19H35F3/c1-3-5-7-9-11-13-16(12-10-8-6-4-2)18(17-14-15-17)19(20,21)22/h16-18H,3-15H2,1-2H3. The van der Waals surface area contributed by atoms with E-state index in [1.54, 1.807) is 0 Å². The average Bonchev–Trinajstić information content (AvgIpc) is 3.26. The maximum Gasteiger partial charge on any atom is 0.392 e. The summed E-state index contributed by atoms with van der Waals surface area (Å²) in [4.78, 5) is 0. The van der Waals surface area contributed by atoms with E-state index < -0.39 is 12.1 Å². The second kappa shape index (κ2) is 10.5. The predicted octanol–water partition coefficient (Wildman–Crippen LogP) is 7.52. The molecular weight excluding hydrogens is 285 g/mol. The summed E-state index contributed by atoms with van der Waals surface area (Å²) in [5.74, 6) is -1.20. The van der Waals surface area contributed by atoms with E-state index in [9.17, 15) is 13.2 Å². The van der Waals surface area contributed by atoms with Crippen molar-refractivity contribution in [3.63, 3.8) is 0 Å². The molecule has 1 fully saturated rings. The van der Waals surface area contributed by atoms with Gasteiger partial charge in [-0.15, -0.1) is 0 Å². The van der Waals surface area contributed by atoms with Gasteiger partial charge in [-0.25, -0.2) is 0 Å². The summed E-state index contributed by atoms with van der Waals surface area (Å²) < 4.78 is 40.4. The van der Waals surface area contributed by atoms with E-state index in [-0.39, 0.29) is 11.8 Å². The minimum absolute atomic E-state index is 0.0631. The molecule has 0 N–H and O–H groups in total. The Bertz CT molecular complexity index is 268. The molecule has 0 radical (unpaired) electrons. The summed E-state index contributed by atoms with van der Waals surface area (Å²) >= 11 is 0. The number of alkyl halides is 3. The summed E-state index contributed by atoms with van der Waals surface area (Å²) in [7, 11) is 0. The Balaban J connectivity index is 2.47. The first-order valence-corrected chi connectivity index (χ1v) is 9.57. The molecule has 2 atom stereocenters. The Morgan fingerprint density at radius 2 is 1.23 bits per heavy atom. The van der Waals surface area contributed by atoms with Gasteiger partial charge in [0.25, 0.3) is 0 Å². The number of rotatable bonds is 13. The van der Waals surface area contributed by atoms with Crippen LogP contribution in [0.2, 0.25) is 0 Å². The first kappa shape index (κ1) is 19.8. The third kappa shape index (κ3) is 7.87.